The van der Waals surface area contributed by atoms with Crippen molar-refractivity contribution in [3.8, 4) is 0 Å². The molecule has 1 aromatic rings. The van der Waals surface area contributed by atoms with Crippen LogP contribution >= 0.6 is 11.6 Å². The Morgan fingerprint density at radius 2 is 2.11 bits per heavy atom. The van der Waals surface area contributed by atoms with Crippen LogP contribution in [0, 0.1) is 6.92 Å². The van der Waals surface area contributed by atoms with Gasteiger partial charge in [0, 0.05) is 11.2 Å². The first-order valence-electron chi connectivity index (χ1n) is 5.90. The average Bonchev–Trinajstić information content (AvgIpc) is 2.26. The smallest absolute Gasteiger partial charge is 0.226 e. The fourth-order valence-corrected chi connectivity index (χ4v) is 2.08. The first kappa shape index (κ1) is 15.0. The molecule has 0 fully saturated rings. The van der Waals surface area contributed by atoms with Crippen molar-refractivity contribution < 1.29 is 4.43 Å². The van der Waals surface area contributed by atoms with Crippen molar-refractivity contribution in [1.82, 2.24) is 0 Å². The molecule has 0 radical (unpaired) electrons. The van der Waals surface area contributed by atoms with Gasteiger partial charge in [0.05, 0.1) is 0 Å². The summed E-state index contributed by atoms with van der Waals surface area (Å²) >= 11 is 5.94. The minimum atomic E-state index is -0.655. The van der Waals surface area contributed by atoms with Gasteiger partial charge in [-0.25, -0.2) is 4.99 Å². The molecule has 18 heavy (non-hydrogen) atoms. The maximum absolute atomic E-state index is 5.94. The van der Waals surface area contributed by atoms with E-state index in [-0.39, 0.29) is 5.04 Å². The lowest BCUT2D eigenvalue weighted by atomic mass is 10.1. The second-order valence-corrected chi connectivity index (χ2v) is 8.64. The Balaban J connectivity index is 2.64. The van der Waals surface area contributed by atoms with Gasteiger partial charge in [0.25, 0.3) is 0 Å². The normalized spacial score (nSPS) is 12.5. The second kappa shape index (κ2) is 6.21. The number of benzene rings is 1. The van der Waals surface area contributed by atoms with Crippen LogP contribution in [0.1, 0.15) is 31.9 Å². The Labute approximate surface area is 117 Å². The maximum Gasteiger partial charge on any atom is 0.226 e. The highest BCUT2D eigenvalue weighted by molar-refractivity contribution is 6.32. The summed E-state index contributed by atoms with van der Waals surface area (Å²) in [6, 6.07) is 5.72. The molecule has 2 nitrogen and oxygen atoms in total. The number of aryl methyl sites for hydroxylation is 1. The Morgan fingerprint density at radius 1 is 1.44 bits per heavy atom. The summed E-state index contributed by atoms with van der Waals surface area (Å²) in [5.41, 5.74) is 2.12. The first-order valence-corrected chi connectivity index (χ1v) is 7.56. The van der Waals surface area contributed by atoms with Crippen LogP contribution in [0.15, 0.2) is 35.7 Å². The van der Waals surface area contributed by atoms with Crippen LogP contribution in [-0.2, 0) is 4.43 Å². The number of hydrogen-bond acceptors (Lipinski definition) is 2. The molecule has 0 bridgehead atoms. The average molecular weight is 282 g/mol. The highest BCUT2D eigenvalue weighted by Crippen LogP contribution is 2.21. The maximum atomic E-state index is 5.94. The zero-order valence-electron chi connectivity index (χ0n) is 11.5. The molecule has 1 rings (SSSR count). The number of rotatable bonds is 4. The van der Waals surface area contributed by atoms with Gasteiger partial charge in [-0.05, 0) is 41.8 Å². The van der Waals surface area contributed by atoms with Crippen LogP contribution in [0.2, 0.25) is 10.1 Å². The molecule has 1 aromatic carbocycles. The van der Waals surface area contributed by atoms with Crippen LogP contribution in [0.25, 0.3) is 0 Å². The van der Waals surface area contributed by atoms with Crippen LogP contribution in [-0.4, -0.2) is 16.0 Å². The van der Waals surface area contributed by atoms with E-state index >= 15 is 0 Å². The van der Waals surface area contributed by atoms with E-state index in [1.165, 1.54) is 0 Å². The van der Waals surface area contributed by atoms with Crippen LogP contribution in [0.5, 0.6) is 0 Å². The van der Waals surface area contributed by atoms with Gasteiger partial charge in [-0.2, -0.15) is 0 Å². The fraction of sp³-hybridized carbons (Fsp3) is 0.357. The van der Waals surface area contributed by atoms with E-state index in [0.29, 0.717) is 10.9 Å². The van der Waals surface area contributed by atoms with Gasteiger partial charge in [0.1, 0.15) is 0 Å². The van der Waals surface area contributed by atoms with Gasteiger partial charge < -0.3 is 4.43 Å². The van der Waals surface area contributed by atoms with Crippen LogP contribution < -0.4 is 0 Å². The van der Waals surface area contributed by atoms with E-state index in [1.807, 2.05) is 25.1 Å². The number of halogens is 1. The number of hydrogen-bond donors (Lipinski definition) is 0. The molecule has 0 aromatic heterocycles. The lowest BCUT2D eigenvalue weighted by Crippen LogP contribution is -2.11. The van der Waals surface area contributed by atoms with Crippen LogP contribution in [0.4, 0.5) is 0 Å². The molecule has 0 saturated carbocycles. The minimum Gasteiger partial charge on any atom is -0.536 e. The predicted molar refractivity (Wildman–Crippen MR) is 82.3 cm³/mol. The largest absolute Gasteiger partial charge is 0.536 e. The van der Waals surface area contributed by atoms with E-state index in [0.717, 1.165) is 11.1 Å². The van der Waals surface area contributed by atoms with E-state index in [9.17, 15) is 0 Å². The predicted octanol–water partition coefficient (Wildman–Crippen LogP) is 3.86. The van der Waals surface area contributed by atoms with Gasteiger partial charge in [0.15, 0.2) is 5.88 Å². The Kier molecular flexibility index (Phi) is 5.17. The molecular weight excluding hydrogens is 262 g/mol. The molecule has 0 saturated heterocycles. The van der Waals surface area contributed by atoms with Crippen molar-refractivity contribution in [2.24, 2.45) is 4.99 Å². The van der Waals surface area contributed by atoms with Crippen molar-refractivity contribution in [3.05, 3.63) is 46.8 Å². The number of aliphatic imine (C=N–C) groups is 1. The van der Waals surface area contributed by atoms with Crippen molar-refractivity contribution in [2.45, 2.75) is 32.7 Å². The highest BCUT2D eigenvalue weighted by Gasteiger charge is 2.12. The van der Waals surface area contributed by atoms with Crippen molar-refractivity contribution in [1.29, 1.82) is 0 Å². The third-order valence-corrected chi connectivity index (χ3v) is 3.84. The van der Waals surface area contributed by atoms with E-state index in [1.54, 1.807) is 6.21 Å². The van der Waals surface area contributed by atoms with Gasteiger partial charge in [0.2, 0.25) is 9.76 Å². The summed E-state index contributed by atoms with van der Waals surface area (Å²) in [6.45, 7) is 12.3. The van der Waals surface area contributed by atoms with Crippen LogP contribution in [0.3, 0.4) is 0 Å². The van der Waals surface area contributed by atoms with Gasteiger partial charge in [-0.1, -0.05) is 38.4 Å². The molecule has 0 atom stereocenters. The Hall–Kier alpha value is -1.06. The molecule has 0 aliphatic rings. The molecule has 98 valence electrons. The quantitative estimate of drug-likeness (QED) is 0.467. The minimum absolute atomic E-state index is 0.241. The molecular formula is C14H20ClNOSi. The van der Waals surface area contributed by atoms with E-state index < -0.39 is 9.76 Å². The summed E-state index contributed by atoms with van der Waals surface area (Å²) in [4.78, 5) is 4.23. The highest BCUT2D eigenvalue weighted by atomic mass is 35.5. The summed E-state index contributed by atoms with van der Waals surface area (Å²) < 4.78 is 5.61. The molecule has 0 aliphatic carbocycles. The standard InChI is InChI=1S/C14H20ClNOSi/c1-10-6-7-13(15)8-12(10)9-16-11(2)17-18-14(3,4)5/h6-9H,2,18H2,1,3-5H3. The number of nitrogens with zero attached hydrogens (tertiary/aromatic N) is 1. The monoisotopic (exact) mass is 281 g/mol. The Bertz CT molecular complexity index is 463. The summed E-state index contributed by atoms with van der Waals surface area (Å²) in [5, 5.41) is 0.947. The molecule has 4 heteroatoms. The molecule has 0 N–H and O–H groups in total. The summed E-state index contributed by atoms with van der Waals surface area (Å²) in [7, 11) is -0.655. The second-order valence-electron chi connectivity index (χ2n) is 5.50. The van der Waals surface area contributed by atoms with Gasteiger partial charge in [-0.15, -0.1) is 0 Å². The summed E-state index contributed by atoms with van der Waals surface area (Å²) in [6.07, 6.45) is 1.75. The molecule has 0 aliphatic heterocycles. The Morgan fingerprint density at radius 3 is 2.72 bits per heavy atom. The van der Waals surface area contributed by atoms with Crippen molar-refractivity contribution >= 4 is 27.6 Å². The summed E-state index contributed by atoms with van der Waals surface area (Å²) in [5.74, 6) is 0.482. The zero-order chi connectivity index (χ0) is 13.8. The van der Waals surface area contributed by atoms with Crippen molar-refractivity contribution in [3.63, 3.8) is 0 Å². The zero-order valence-corrected chi connectivity index (χ0v) is 13.6. The van der Waals surface area contributed by atoms with Crippen molar-refractivity contribution in [2.75, 3.05) is 0 Å². The fourth-order valence-electron chi connectivity index (χ4n) is 1.23. The van der Waals surface area contributed by atoms with Gasteiger partial charge in [-0.3, -0.25) is 0 Å². The van der Waals surface area contributed by atoms with E-state index in [2.05, 4.69) is 32.3 Å². The molecule has 0 heterocycles. The lowest BCUT2D eigenvalue weighted by Gasteiger charge is -2.17. The third kappa shape index (κ3) is 5.51. The lowest BCUT2D eigenvalue weighted by molar-refractivity contribution is 0.425. The topological polar surface area (TPSA) is 21.6 Å². The molecule has 0 unspecified atom stereocenters. The SMILES string of the molecule is C=C(N=Cc1cc(Cl)ccc1C)O[SiH2]C(C)(C)C. The third-order valence-electron chi connectivity index (χ3n) is 2.26. The van der Waals surface area contributed by atoms with Gasteiger partial charge >= 0.3 is 0 Å². The molecule has 0 spiro atoms. The molecule has 0 amide bonds. The van der Waals surface area contributed by atoms with E-state index in [4.69, 9.17) is 16.0 Å². The first-order chi connectivity index (χ1) is 8.28.